The Balaban J connectivity index is 2.20. The van der Waals surface area contributed by atoms with Crippen molar-refractivity contribution in [2.24, 2.45) is 0 Å². The fraction of sp³-hybridized carbons (Fsp3) is 0.188. The first kappa shape index (κ1) is 14.4. The monoisotopic (exact) mass is 330 g/mol. The van der Waals surface area contributed by atoms with E-state index < -0.39 is 0 Å². The molecule has 0 saturated heterocycles. The van der Waals surface area contributed by atoms with E-state index in [1.165, 1.54) is 0 Å². The molecule has 0 spiro atoms. The van der Waals surface area contributed by atoms with Gasteiger partial charge in [-0.1, -0.05) is 28.1 Å². The van der Waals surface area contributed by atoms with Crippen molar-refractivity contribution in [3.63, 3.8) is 0 Å². The fourth-order valence-corrected chi connectivity index (χ4v) is 2.30. The van der Waals surface area contributed by atoms with Crippen molar-refractivity contribution in [2.75, 3.05) is 12.4 Å². The van der Waals surface area contributed by atoms with Crippen molar-refractivity contribution in [3.8, 4) is 11.8 Å². The lowest BCUT2D eigenvalue weighted by Crippen LogP contribution is -2.07. The summed E-state index contributed by atoms with van der Waals surface area (Å²) in [4.78, 5) is 0. The van der Waals surface area contributed by atoms with Gasteiger partial charge in [0, 0.05) is 10.5 Å². The highest BCUT2D eigenvalue weighted by atomic mass is 79.9. The van der Waals surface area contributed by atoms with E-state index in [0.717, 1.165) is 21.5 Å². The molecule has 0 aliphatic heterocycles. The van der Waals surface area contributed by atoms with Gasteiger partial charge in [-0.25, -0.2) is 0 Å². The Bertz CT molecular complexity index is 632. The van der Waals surface area contributed by atoms with Crippen molar-refractivity contribution < 1.29 is 4.74 Å². The summed E-state index contributed by atoms with van der Waals surface area (Å²) in [6, 6.07) is 15.8. The van der Waals surface area contributed by atoms with Crippen molar-refractivity contribution in [2.45, 2.75) is 13.0 Å². The molecule has 1 N–H and O–H groups in total. The number of nitriles is 1. The first-order chi connectivity index (χ1) is 9.63. The van der Waals surface area contributed by atoms with Crippen molar-refractivity contribution in [1.29, 1.82) is 5.26 Å². The van der Waals surface area contributed by atoms with Gasteiger partial charge in [0.15, 0.2) is 0 Å². The van der Waals surface area contributed by atoms with Crippen LogP contribution in [0.25, 0.3) is 0 Å². The lowest BCUT2D eigenvalue weighted by atomic mass is 10.1. The summed E-state index contributed by atoms with van der Waals surface area (Å²) >= 11 is 3.42. The molecule has 0 radical (unpaired) electrons. The fourth-order valence-electron chi connectivity index (χ4n) is 1.94. The quantitative estimate of drug-likeness (QED) is 0.897. The molecule has 2 aromatic rings. The number of rotatable bonds is 4. The van der Waals surface area contributed by atoms with Gasteiger partial charge in [-0.15, -0.1) is 0 Å². The Kier molecular flexibility index (Phi) is 4.65. The van der Waals surface area contributed by atoms with Crippen LogP contribution in [-0.4, -0.2) is 7.11 Å². The van der Waals surface area contributed by atoms with Crippen LogP contribution in [0.1, 0.15) is 24.1 Å². The molecule has 0 aliphatic carbocycles. The molecule has 0 saturated carbocycles. The second kappa shape index (κ2) is 6.44. The number of nitrogens with one attached hydrogen (secondary N) is 1. The van der Waals surface area contributed by atoms with Crippen LogP contribution in [0, 0.1) is 11.3 Å². The molecule has 0 aliphatic rings. The minimum absolute atomic E-state index is 0.0994. The zero-order valence-electron chi connectivity index (χ0n) is 11.4. The second-order valence-electron chi connectivity index (χ2n) is 4.44. The van der Waals surface area contributed by atoms with E-state index in [1.807, 2.05) is 36.4 Å². The molecule has 102 valence electrons. The van der Waals surface area contributed by atoms with E-state index in [9.17, 15) is 0 Å². The molecule has 0 bridgehead atoms. The molecule has 20 heavy (non-hydrogen) atoms. The first-order valence-electron chi connectivity index (χ1n) is 6.24. The van der Waals surface area contributed by atoms with Gasteiger partial charge < -0.3 is 10.1 Å². The van der Waals surface area contributed by atoms with Crippen molar-refractivity contribution in [1.82, 2.24) is 0 Å². The number of nitrogens with zero attached hydrogens (tertiary/aromatic N) is 1. The maximum Gasteiger partial charge on any atom is 0.118 e. The SMILES string of the molecule is COc1ccc(C(C)Nc2cc(Br)ccc2C#N)cc1. The number of hydrogen-bond donors (Lipinski definition) is 1. The van der Waals surface area contributed by atoms with Gasteiger partial charge in [-0.2, -0.15) is 5.26 Å². The third kappa shape index (κ3) is 3.31. The summed E-state index contributed by atoms with van der Waals surface area (Å²) in [5.41, 5.74) is 2.59. The normalized spacial score (nSPS) is 11.5. The van der Waals surface area contributed by atoms with E-state index in [0.29, 0.717) is 5.56 Å². The zero-order chi connectivity index (χ0) is 14.5. The maximum atomic E-state index is 9.14. The Morgan fingerprint density at radius 3 is 2.50 bits per heavy atom. The van der Waals surface area contributed by atoms with Crippen molar-refractivity contribution in [3.05, 3.63) is 58.1 Å². The Hall–Kier alpha value is -1.99. The number of anilines is 1. The highest BCUT2D eigenvalue weighted by molar-refractivity contribution is 9.10. The molecule has 0 heterocycles. The molecule has 2 aromatic carbocycles. The van der Waals surface area contributed by atoms with Crippen LogP contribution < -0.4 is 10.1 Å². The number of hydrogen-bond acceptors (Lipinski definition) is 3. The molecule has 1 atom stereocenters. The van der Waals surface area contributed by atoms with Gasteiger partial charge in [0.1, 0.15) is 11.8 Å². The molecule has 4 heteroatoms. The molecular weight excluding hydrogens is 316 g/mol. The lowest BCUT2D eigenvalue weighted by molar-refractivity contribution is 0.414. The van der Waals surface area contributed by atoms with Crippen LogP contribution in [0.5, 0.6) is 5.75 Å². The lowest BCUT2D eigenvalue weighted by Gasteiger charge is -2.17. The van der Waals surface area contributed by atoms with E-state index in [2.05, 4.69) is 34.2 Å². The summed E-state index contributed by atoms with van der Waals surface area (Å²) in [7, 11) is 1.65. The highest BCUT2D eigenvalue weighted by Crippen LogP contribution is 2.26. The summed E-state index contributed by atoms with van der Waals surface area (Å²) in [6.07, 6.45) is 0. The predicted octanol–water partition coefficient (Wildman–Crippen LogP) is 4.50. The maximum absolute atomic E-state index is 9.14. The zero-order valence-corrected chi connectivity index (χ0v) is 12.9. The number of methoxy groups -OCH3 is 1. The van der Waals surface area contributed by atoms with Crippen LogP contribution in [0.15, 0.2) is 46.9 Å². The molecule has 3 nitrogen and oxygen atoms in total. The number of benzene rings is 2. The first-order valence-corrected chi connectivity index (χ1v) is 7.03. The summed E-state index contributed by atoms with van der Waals surface area (Å²) in [6.45, 7) is 2.06. The van der Waals surface area contributed by atoms with Crippen LogP contribution in [0.3, 0.4) is 0 Å². The molecule has 0 fully saturated rings. The summed E-state index contributed by atoms with van der Waals surface area (Å²) in [5.74, 6) is 0.834. The molecule has 0 aromatic heterocycles. The van der Waals surface area contributed by atoms with Crippen LogP contribution in [0.4, 0.5) is 5.69 Å². The predicted molar refractivity (Wildman–Crippen MR) is 83.9 cm³/mol. The second-order valence-corrected chi connectivity index (χ2v) is 5.36. The van der Waals surface area contributed by atoms with E-state index >= 15 is 0 Å². The van der Waals surface area contributed by atoms with Gasteiger partial charge in [0.25, 0.3) is 0 Å². The van der Waals surface area contributed by atoms with Gasteiger partial charge in [-0.05, 0) is 42.8 Å². The van der Waals surface area contributed by atoms with Gasteiger partial charge in [0.05, 0.1) is 18.4 Å². The number of halogens is 1. The number of ether oxygens (including phenoxy) is 1. The van der Waals surface area contributed by atoms with Crippen LogP contribution in [0.2, 0.25) is 0 Å². The smallest absolute Gasteiger partial charge is 0.118 e. The molecule has 2 rings (SSSR count). The Morgan fingerprint density at radius 2 is 1.90 bits per heavy atom. The van der Waals surface area contributed by atoms with Gasteiger partial charge >= 0.3 is 0 Å². The Labute approximate surface area is 127 Å². The van der Waals surface area contributed by atoms with E-state index in [-0.39, 0.29) is 6.04 Å². The highest BCUT2D eigenvalue weighted by Gasteiger charge is 2.09. The van der Waals surface area contributed by atoms with Crippen molar-refractivity contribution >= 4 is 21.6 Å². The third-order valence-corrected chi connectivity index (χ3v) is 3.58. The largest absolute Gasteiger partial charge is 0.497 e. The minimum atomic E-state index is 0.0994. The Morgan fingerprint density at radius 1 is 1.20 bits per heavy atom. The molecular formula is C16H15BrN2O. The van der Waals surface area contributed by atoms with Crippen LogP contribution in [-0.2, 0) is 0 Å². The third-order valence-electron chi connectivity index (χ3n) is 3.09. The van der Waals surface area contributed by atoms with Gasteiger partial charge in [0.2, 0.25) is 0 Å². The summed E-state index contributed by atoms with van der Waals surface area (Å²) in [5, 5.41) is 12.5. The van der Waals surface area contributed by atoms with Gasteiger partial charge in [-0.3, -0.25) is 0 Å². The van der Waals surface area contributed by atoms with E-state index in [4.69, 9.17) is 10.00 Å². The molecule has 0 amide bonds. The molecule has 1 unspecified atom stereocenters. The van der Waals surface area contributed by atoms with Crippen LogP contribution >= 0.6 is 15.9 Å². The summed E-state index contributed by atoms with van der Waals surface area (Å²) < 4.78 is 6.10. The standard InChI is InChI=1S/C16H15BrN2O/c1-11(12-4-7-15(20-2)8-5-12)19-16-9-14(17)6-3-13(16)10-18/h3-9,11,19H,1-2H3. The average Bonchev–Trinajstić information content (AvgIpc) is 2.47. The van der Waals surface area contributed by atoms with E-state index in [1.54, 1.807) is 13.2 Å². The minimum Gasteiger partial charge on any atom is -0.497 e. The topological polar surface area (TPSA) is 45.0 Å². The average molecular weight is 331 g/mol.